The van der Waals surface area contributed by atoms with Gasteiger partial charge in [0.05, 0.1) is 0 Å². The average molecular weight is 487 g/mol. The second kappa shape index (κ2) is 10.7. The lowest BCUT2D eigenvalue weighted by Gasteiger charge is -2.32. The van der Waals surface area contributed by atoms with Crippen molar-refractivity contribution in [3.63, 3.8) is 0 Å². The summed E-state index contributed by atoms with van der Waals surface area (Å²) >= 11 is 1.72. The highest BCUT2D eigenvalue weighted by molar-refractivity contribution is 8.04. The van der Waals surface area contributed by atoms with Crippen LogP contribution >= 0.6 is 11.8 Å². The minimum atomic E-state index is -1.15. The van der Waals surface area contributed by atoms with Gasteiger partial charge < -0.3 is 10.0 Å². The zero-order chi connectivity index (χ0) is 25.0. The number of aliphatic carboxylic acids is 1. The molecule has 182 valence electrons. The van der Waals surface area contributed by atoms with Crippen LogP contribution in [0.25, 0.3) is 0 Å². The number of carboxylic acid groups (broad SMARTS) is 1. The van der Waals surface area contributed by atoms with Crippen molar-refractivity contribution >= 4 is 17.7 Å². The summed E-state index contributed by atoms with van der Waals surface area (Å²) in [6, 6.07) is 1.84. The zero-order valence-corrected chi connectivity index (χ0v) is 21.6. The van der Waals surface area contributed by atoms with E-state index >= 15 is 0 Å². The van der Waals surface area contributed by atoms with Gasteiger partial charge in [-0.15, -0.1) is 11.8 Å². The molecule has 5 heteroatoms. The summed E-state index contributed by atoms with van der Waals surface area (Å²) in [4.78, 5) is 15.1. The van der Waals surface area contributed by atoms with Gasteiger partial charge in [-0.25, -0.2) is 4.79 Å². The molecule has 0 saturated carbocycles. The molecule has 0 amide bonds. The Morgan fingerprint density at radius 3 is 2.66 bits per heavy atom. The summed E-state index contributed by atoms with van der Waals surface area (Å²) in [5.74, 6) is -0.940. The Morgan fingerprint density at radius 2 is 2.00 bits per heavy atom. The van der Waals surface area contributed by atoms with Crippen molar-refractivity contribution in [3.05, 3.63) is 93.9 Å². The molecule has 0 aromatic heterocycles. The predicted octanol–water partition coefficient (Wildman–Crippen LogP) is 7.56. The Labute approximate surface area is 213 Å². The summed E-state index contributed by atoms with van der Waals surface area (Å²) < 4.78 is 0. The molecular formula is C30H34N2O2S. The van der Waals surface area contributed by atoms with Gasteiger partial charge in [-0.05, 0) is 73.1 Å². The minimum absolute atomic E-state index is 0.0167. The molecule has 2 unspecified atom stereocenters. The van der Waals surface area contributed by atoms with Crippen LogP contribution in [0.5, 0.6) is 0 Å². The van der Waals surface area contributed by atoms with E-state index in [0.717, 1.165) is 38.5 Å². The molecule has 1 aliphatic heterocycles. The van der Waals surface area contributed by atoms with Crippen molar-refractivity contribution in [3.8, 4) is 6.07 Å². The van der Waals surface area contributed by atoms with Crippen LogP contribution < -0.4 is 0 Å². The van der Waals surface area contributed by atoms with Gasteiger partial charge in [0.2, 0.25) is 0 Å². The third-order valence-corrected chi connectivity index (χ3v) is 8.54. The maximum atomic E-state index is 11.4. The summed E-state index contributed by atoms with van der Waals surface area (Å²) in [7, 11) is 0. The van der Waals surface area contributed by atoms with Gasteiger partial charge >= 0.3 is 5.97 Å². The van der Waals surface area contributed by atoms with E-state index in [1.54, 1.807) is 17.8 Å². The first-order chi connectivity index (χ1) is 16.8. The highest BCUT2D eigenvalue weighted by Gasteiger charge is 2.36. The quantitative estimate of drug-likeness (QED) is 0.321. The fraction of sp³-hybridized carbons (Fsp3) is 0.400. The number of nitrogens with zero attached hydrogens (tertiary/aromatic N) is 2. The van der Waals surface area contributed by atoms with Crippen molar-refractivity contribution in [2.24, 2.45) is 11.3 Å². The molecule has 1 heterocycles. The largest absolute Gasteiger partial charge is 0.477 e. The second-order valence-corrected chi connectivity index (χ2v) is 11.4. The lowest BCUT2D eigenvalue weighted by atomic mass is 9.77. The van der Waals surface area contributed by atoms with Crippen molar-refractivity contribution in [1.29, 1.82) is 5.26 Å². The van der Waals surface area contributed by atoms with Gasteiger partial charge in [0.1, 0.15) is 11.6 Å². The van der Waals surface area contributed by atoms with Crippen molar-refractivity contribution < 1.29 is 9.90 Å². The first-order valence-corrected chi connectivity index (χ1v) is 13.3. The highest BCUT2D eigenvalue weighted by atomic mass is 32.2. The first kappa shape index (κ1) is 25.1. The zero-order valence-electron chi connectivity index (χ0n) is 20.8. The lowest BCUT2D eigenvalue weighted by molar-refractivity contribution is -0.132. The van der Waals surface area contributed by atoms with Crippen molar-refractivity contribution in [1.82, 2.24) is 4.90 Å². The van der Waals surface area contributed by atoms with Gasteiger partial charge in [0.15, 0.2) is 0 Å². The smallest absolute Gasteiger partial charge is 0.346 e. The third kappa shape index (κ3) is 5.65. The maximum Gasteiger partial charge on any atom is 0.346 e. The molecule has 4 nitrogen and oxygen atoms in total. The molecule has 4 aliphatic rings. The summed E-state index contributed by atoms with van der Waals surface area (Å²) in [5.41, 5.74) is 4.92. The van der Waals surface area contributed by atoms with Crippen molar-refractivity contribution in [2.45, 2.75) is 64.5 Å². The topological polar surface area (TPSA) is 64.3 Å². The molecule has 0 radical (unpaired) electrons. The van der Waals surface area contributed by atoms with E-state index in [2.05, 4.69) is 80.4 Å². The van der Waals surface area contributed by atoms with Crippen LogP contribution in [0.15, 0.2) is 93.9 Å². The van der Waals surface area contributed by atoms with E-state index in [0.29, 0.717) is 0 Å². The lowest BCUT2D eigenvalue weighted by Crippen LogP contribution is -2.22. The first-order valence-electron chi connectivity index (χ1n) is 12.5. The molecule has 0 fully saturated rings. The molecule has 4 rings (SSSR count). The molecule has 1 N–H and O–H groups in total. The van der Waals surface area contributed by atoms with Crippen LogP contribution in [0.3, 0.4) is 0 Å². The number of hydrogen-bond donors (Lipinski definition) is 1. The number of hydrogen-bond acceptors (Lipinski definition) is 4. The van der Waals surface area contributed by atoms with E-state index in [4.69, 9.17) is 0 Å². The molecular weight excluding hydrogens is 452 g/mol. The van der Waals surface area contributed by atoms with Crippen LogP contribution in [-0.2, 0) is 4.79 Å². The van der Waals surface area contributed by atoms with Crippen LogP contribution in [-0.4, -0.2) is 21.2 Å². The van der Waals surface area contributed by atoms with Gasteiger partial charge in [0, 0.05) is 28.3 Å². The molecule has 0 aromatic carbocycles. The molecule has 0 saturated heterocycles. The fourth-order valence-corrected chi connectivity index (χ4v) is 6.65. The Bertz CT molecular complexity index is 1170. The average Bonchev–Trinajstić information content (AvgIpc) is 3.30. The van der Waals surface area contributed by atoms with Crippen LogP contribution in [0.1, 0.15) is 59.3 Å². The Balaban J connectivity index is 1.67. The van der Waals surface area contributed by atoms with Gasteiger partial charge in [-0.2, -0.15) is 5.26 Å². The third-order valence-electron chi connectivity index (χ3n) is 7.06. The minimum Gasteiger partial charge on any atom is -0.477 e. The van der Waals surface area contributed by atoms with E-state index < -0.39 is 5.97 Å². The second-order valence-electron chi connectivity index (χ2n) is 10.1. The van der Waals surface area contributed by atoms with Gasteiger partial charge in [0.25, 0.3) is 0 Å². The summed E-state index contributed by atoms with van der Waals surface area (Å²) in [6.07, 6.45) is 27.9. The number of carboxylic acids is 1. The SMILES string of the molecule is CC1/C=C\C(N(C2=CCCC=C2)C2=CC=CCC2)=C/CC(C)(C)C2=C1SC(/C=C(\C#N)C(=O)O)C2. The maximum absolute atomic E-state index is 11.4. The fourth-order valence-electron chi connectivity index (χ4n) is 5.07. The van der Waals surface area contributed by atoms with Crippen LogP contribution in [0.2, 0.25) is 0 Å². The monoisotopic (exact) mass is 486 g/mol. The number of nitriles is 1. The molecule has 0 bridgehead atoms. The molecule has 35 heavy (non-hydrogen) atoms. The van der Waals surface area contributed by atoms with E-state index in [1.165, 1.54) is 27.6 Å². The highest BCUT2D eigenvalue weighted by Crippen LogP contribution is 2.51. The number of allylic oxidation sites excluding steroid dienone is 12. The Kier molecular flexibility index (Phi) is 7.72. The van der Waals surface area contributed by atoms with Crippen LogP contribution in [0.4, 0.5) is 0 Å². The summed E-state index contributed by atoms with van der Waals surface area (Å²) in [5, 5.41) is 18.5. The molecule has 2 atom stereocenters. The molecule has 0 spiro atoms. The summed E-state index contributed by atoms with van der Waals surface area (Å²) in [6.45, 7) is 6.80. The van der Waals surface area contributed by atoms with E-state index in [9.17, 15) is 15.2 Å². The predicted molar refractivity (Wildman–Crippen MR) is 144 cm³/mol. The van der Waals surface area contributed by atoms with Gasteiger partial charge in [-0.3, -0.25) is 0 Å². The standard InChI is InChI=1S/C30H34N2O2S/c1-21-14-15-25(32(23-10-6-4-7-11-23)24-12-8-5-9-13-24)16-17-30(2,3)27-19-26(35-28(21)27)18-22(20-31)29(33)34/h4,6,8,10,12-16,18,21,26H,5,7,9,11,17,19H2,1-3H3,(H,33,34)/b15-14-,22-18+,25-16+. The van der Waals surface area contributed by atoms with Crippen molar-refractivity contribution in [2.75, 3.05) is 0 Å². The Hall–Kier alpha value is -2.97. The number of thioether (sulfide) groups is 1. The normalized spacial score (nSPS) is 28.4. The van der Waals surface area contributed by atoms with Gasteiger partial charge in [-0.1, -0.05) is 62.8 Å². The van der Waals surface area contributed by atoms with E-state index in [1.807, 2.05) is 6.07 Å². The molecule has 3 aliphatic carbocycles. The van der Waals surface area contributed by atoms with Crippen LogP contribution in [0, 0.1) is 22.7 Å². The Morgan fingerprint density at radius 1 is 1.20 bits per heavy atom. The number of carbonyl (C=O) groups is 1. The molecule has 0 aromatic rings. The van der Waals surface area contributed by atoms with E-state index in [-0.39, 0.29) is 22.2 Å². The number of rotatable bonds is 5.